The highest BCUT2D eigenvalue weighted by Crippen LogP contribution is 2.26. The first kappa shape index (κ1) is 12.3. The zero-order valence-electron chi connectivity index (χ0n) is 9.31. The van der Waals surface area contributed by atoms with Gasteiger partial charge in [0.2, 0.25) is 0 Å². The molecule has 1 aromatic rings. The average Bonchev–Trinajstić information content (AvgIpc) is 2.77. The van der Waals surface area contributed by atoms with Crippen molar-refractivity contribution >= 4 is 15.7 Å². The fourth-order valence-electron chi connectivity index (χ4n) is 1.59. The summed E-state index contributed by atoms with van der Waals surface area (Å²) in [7, 11) is -3.95. The third kappa shape index (κ3) is 2.13. The van der Waals surface area contributed by atoms with E-state index in [1.807, 2.05) is 0 Å². The number of nitrogens with two attached hydrogens (primary N) is 1. The zero-order chi connectivity index (χ0) is 12.6. The van der Waals surface area contributed by atoms with Crippen LogP contribution >= 0.6 is 0 Å². The summed E-state index contributed by atoms with van der Waals surface area (Å²) in [5.74, 6) is -0.813. The molecule has 1 aromatic carbocycles. The van der Waals surface area contributed by atoms with Crippen molar-refractivity contribution < 1.29 is 17.6 Å². The normalized spacial score (nSPS) is 17.5. The summed E-state index contributed by atoms with van der Waals surface area (Å²) in [4.78, 5) is 4.49. The molecule has 2 N–H and O–H groups in total. The van der Waals surface area contributed by atoms with Crippen LogP contribution in [0.3, 0.4) is 0 Å². The predicted octanol–water partition coefficient (Wildman–Crippen LogP) is 1.04. The van der Waals surface area contributed by atoms with Crippen molar-refractivity contribution in [2.45, 2.75) is 18.2 Å². The van der Waals surface area contributed by atoms with Crippen LogP contribution in [0.15, 0.2) is 17.0 Å². The number of rotatable bonds is 2. The van der Waals surface area contributed by atoms with E-state index < -0.39 is 20.7 Å². The fraction of sp³-hybridized carbons (Fsp3) is 0.400. The number of aryl methyl sites for hydroxylation is 1. The predicted molar refractivity (Wildman–Crippen MR) is 60.0 cm³/mol. The summed E-state index contributed by atoms with van der Waals surface area (Å²) in [6.07, 6.45) is 0.599. The molecule has 1 fully saturated rings. The molecule has 94 valence electrons. The number of halogens is 1. The molecule has 0 radical (unpaired) electrons. The zero-order valence-corrected chi connectivity index (χ0v) is 10.1. The van der Waals surface area contributed by atoms with Gasteiger partial charge in [0, 0.05) is 12.2 Å². The molecule has 0 saturated carbocycles. The summed E-state index contributed by atoms with van der Waals surface area (Å²) >= 11 is 0. The monoisotopic (exact) mass is 260 g/mol. The van der Waals surface area contributed by atoms with E-state index in [4.69, 9.17) is 10.6 Å². The summed E-state index contributed by atoms with van der Waals surface area (Å²) in [6.45, 7) is 2.17. The second kappa shape index (κ2) is 4.25. The van der Waals surface area contributed by atoms with Crippen molar-refractivity contribution in [3.05, 3.63) is 23.5 Å². The molecule has 17 heavy (non-hydrogen) atoms. The van der Waals surface area contributed by atoms with Crippen LogP contribution in [0.25, 0.3) is 0 Å². The molecular formula is C10H13FN2O3S. The summed E-state index contributed by atoms with van der Waals surface area (Å²) in [6, 6.07) is 2.24. The molecule has 2 rings (SSSR count). The van der Waals surface area contributed by atoms with E-state index in [0.29, 0.717) is 18.6 Å². The second-order valence-corrected chi connectivity index (χ2v) is 5.65. The van der Waals surface area contributed by atoms with Gasteiger partial charge in [0.25, 0.3) is 10.0 Å². The van der Waals surface area contributed by atoms with Crippen molar-refractivity contribution in [1.29, 1.82) is 0 Å². The lowest BCUT2D eigenvalue weighted by Crippen LogP contribution is -2.27. The fourth-order valence-corrected chi connectivity index (χ4v) is 2.97. The van der Waals surface area contributed by atoms with Crippen LogP contribution in [0.5, 0.6) is 0 Å². The Morgan fingerprint density at radius 3 is 2.76 bits per heavy atom. The molecule has 5 nitrogen and oxygen atoms in total. The number of hydrogen-bond acceptors (Lipinski definition) is 4. The Morgan fingerprint density at radius 2 is 2.18 bits per heavy atom. The van der Waals surface area contributed by atoms with E-state index in [2.05, 4.69) is 0 Å². The molecule has 7 heteroatoms. The Balaban J connectivity index is 2.49. The quantitative estimate of drug-likeness (QED) is 0.806. The lowest BCUT2D eigenvalue weighted by molar-refractivity contribution is -0.0286. The van der Waals surface area contributed by atoms with Crippen molar-refractivity contribution in [1.82, 2.24) is 4.47 Å². The SMILES string of the molecule is Cc1cc(F)c(S(=O)(=O)N2CCCO2)cc1N. The highest BCUT2D eigenvalue weighted by molar-refractivity contribution is 7.89. The van der Waals surface area contributed by atoms with Gasteiger partial charge >= 0.3 is 0 Å². The first-order valence-electron chi connectivity index (χ1n) is 5.14. The molecule has 1 saturated heterocycles. The number of nitrogens with zero attached hydrogens (tertiary/aromatic N) is 1. The Morgan fingerprint density at radius 1 is 1.47 bits per heavy atom. The maximum Gasteiger partial charge on any atom is 0.267 e. The molecule has 0 amide bonds. The van der Waals surface area contributed by atoms with Crippen molar-refractivity contribution in [2.75, 3.05) is 18.9 Å². The van der Waals surface area contributed by atoms with Gasteiger partial charge in [-0.25, -0.2) is 12.8 Å². The number of hydrogen-bond donors (Lipinski definition) is 1. The van der Waals surface area contributed by atoms with Crippen molar-refractivity contribution in [2.24, 2.45) is 0 Å². The highest BCUT2D eigenvalue weighted by Gasteiger charge is 2.31. The topological polar surface area (TPSA) is 72.6 Å². The van der Waals surface area contributed by atoms with Gasteiger partial charge < -0.3 is 5.73 Å². The Bertz CT molecular complexity index is 539. The van der Waals surface area contributed by atoms with Crippen LogP contribution in [-0.2, 0) is 14.9 Å². The van der Waals surface area contributed by atoms with Gasteiger partial charge in [-0.2, -0.15) is 0 Å². The summed E-state index contributed by atoms with van der Waals surface area (Å²) < 4.78 is 38.5. The Hall–Kier alpha value is -1.18. The standard InChI is InChI=1S/C10H13FN2O3S/c1-7-5-8(11)10(6-9(7)12)17(14,15)13-3-2-4-16-13/h5-6H,2-4,12H2,1H3. The molecule has 1 heterocycles. The van der Waals surface area contributed by atoms with E-state index >= 15 is 0 Å². The van der Waals surface area contributed by atoms with Gasteiger partial charge in [-0.05, 0) is 31.0 Å². The number of anilines is 1. The summed E-state index contributed by atoms with van der Waals surface area (Å²) in [5, 5.41) is 0. The number of hydroxylamine groups is 1. The minimum atomic E-state index is -3.95. The first-order valence-corrected chi connectivity index (χ1v) is 6.58. The Kier molecular flexibility index (Phi) is 3.07. The maximum atomic E-state index is 13.7. The molecule has 0 aromatic heterocycles. The van der Waals surface area contributed by atoms with Gasteiger partial charge in [0.1, 0.15) is 10.7 Å². The van der Waals surface area contributed by atoms with Crippen LogP contribution in [0.1, 0.15) is 12.0 Å². The van der Waals surface area contributed by atoms with Crippen LogP contribution in [-0.4, -0.2) is 26.0 Å². The summed E-state index contributed by atoms with van der Waals surface area (Å²) in [5.41, 5.74) is 6.34. The van der Waals surface area contributed by atoms with E-state index in [1.165, 1.54) is 0 Å². The molecule has 0 unspecified atom stereocenters. The minimum Gasteiger partial charge on any atom is -0.398 e. The van der Waals surface area contributed by atoms with Crippen LogP contribution in [0.2, 0.25) is 0 Å². The number of nitrogen functional groups attached to an aromatic ring is 1. The molecule has 0 aliphatic carbocycles. The van der Waals surface area contributed by atoms with E-state index in [-0.39, 0.29) is 12.2 Å². The van der Waals surface area contributed by atoms with Gasteiger partial charge in [0.15, 0.2) is 0 Å². The highest BCUT2D eigenvalue weighted by atomic mass is 32.2. The van der Waals surface area contributed by atoms with E-state index in [1.54, 1.807) is 6.92 Å². The largest absolute Gasteiger partial charge is 0.398 e. The Labute approximate surface area is 99.0 Å². The lowest BCUT2D eigenvalue weighted by Gasteiger charge is -2.15. The van der Waals surface area contributed by atoms with Gasteiger partial charge in [0.05, 0.1) is 6.61 Å². The molecule has 1 aliphatic heterocycles. The van der Waals surface area contributed by atoms with Gasteiger partial charge in [-0.1, -0.05) is 4.47 Å². The van der Waals surface area contributed by atoms with E-state index in [0.717, 1.165) is 16.6 Å². The van der Waals surface area contributed by atoms with Crippen LogP contribution in [0.4, 0.5) is 10.1 Å². The van der Waals surface area contributed by atoms with Crippen molar-refractivity contribution in [3.63, 3.8) is 0 Å². The number of sulfonamides is 1. The van der Waals surface area contributed by atoms with E-state index in [9.17, 15) is 12.8 Å². The van der Waals surface area contributed by atoms with Gasteiger partial charge in [-0.15, -0.1) is 0 Å². The third-order valence-corrected chi connectivity index (χ3v) is 4.28. The smallest absolute Gasteiger partial charge is 0.267 e. The first-order chi connectivity index (χ1) is 7.93. The van der Waals surface area contributed by atoms with Gasteiger partial charge in [-0.3, -0.25) is 4.84 Å². The van der Waals surface area contributed by atoms with Crippen LogP contribution < -0.4 is 5.73 Å². The minimum absolute atomic E-state index is 0.232. The molecule has 0 bridgehead atoms. The molecule has 1 aliphatic rings. The average molecular weight is 260 g/mol. The maximum absolute atomic E-state index is 13.7. The lowest BCUT2D eigenvalue weighted by atomic mass is 10.2. The van der Waals surface area contributed by atoms with Crippen molar-refractivity contribution in [3.8, 4) is 0 Å². The third-order valence-electron chi connectivity index (χ3n) is 2.59. The second-order valence-electron chi connectivity index (χ2n) is 3.86. The number of benzene rings is 1. The molecule has 0 spiro atoms. The molecule has 0 atom stereocenters. The van der Waals surface area contributed by atoms with Crippen LogP contribution in [0, 0.1) is 12.7 Å². The molecular weight excluding hydrogens is 247 g/mol.